The minimum atomic E-state index is -0.921. The SMILES string of the molecule is CC1(C)c2ccccc2N(c2ccc(/C=C3/C(=O)c4cc5ccccc5cc4C3O)s2)c2ccccc21. The van der Waals surface area contributed by atoms with Crippen molar-refractivity contribution in [3.05, 3.63) is 130 Å². The fourth-order valence-corrected chi connectivity index (χ4v) is 6.86. The second-order valence-corrected chi connectivity index (χ2v) is 11.4. The molecule has 0 spiro atoms. The molecule has 1 unspecified atom stereocenters. The normalized spacial score (nSPS) is 18.7. The molecular weight excluding hydrogens is 474 g/mol. The van der Waals surface area contributed by atoms with Crippen LogP contribution in [0, 0.1) is 0 Å². The largest absolute Gasteiger partial charge is 0.383 e. The number of thiophene rings is 1. The highest BCUT2D eigenvalue weighted by Gasteiger charge is 2.37. The molecule has 2 aliphatic rings. The van der Waals surface area contributed by atoms with E-state index >= 15 is 0 Å². The van der Waals surface area contributed by atoms with E-state index in [-0.39, 0.29) is 11.2 Å². The van der Waals surface area contributed by atoms with E-state index in [1.54, 1.807) is 11.3 Å². The third-order valence-corrected chi connectivity index (χ3v) is 8.80. The third-order valence-electron chi connectivity index (χ3n) is 7.78. The van der Waals surface area contributed by atoms with Gasteiger partial charge in [-0.1, -0.05) is 74.5 Å². The van der Waals surface area contributed by atoms with Crippen LogP contribution >= 0.6 is 11.3 Å². The molecule has 4 heteroatoms. The Bertz CT molecular complexity index is 1710. The van der Waals surface area contributed by atoms with Gasteiger partial charge in [-0.15, -0.1) is 11.3 Å². The Morgan fingerprint density at radius 3 is 2.08 bits per heavy atom. The Labute approximate surface area is 219 Å². The van der Waals surface area contributed by atoms with Crippen molar-refractivity contribution in [1.82, 2.24) is 0 Å². The summed E-state index contributed by atoms with van der Waals surface area (Å²) in [5, 5.41) is 14.2. The van der Waals surface area contributed by atoms with Crippen LogP contribution < -0.4 is 4.90 Å². The number of nitrogens with zero attached hydrogens (tertiary/aromatic N) is 1. The smallest absolute Gasteiger partial charge is 0.192 e. The predicted molar refractivity (Wildman–Crippen MR) is 152 cm³/mol. The molecule has 1 aliphatic heterocycles. The van der Waals surface area contributed by atoms with Gasteiger partial charge in [-0.05, 0) is 69.9 Å². The Morgan fingerprint density at radius 2 is 1.41 bits per heavy atom. The molecule has 1 aliphatic carbocycles. The fourth-order valence-electron chi connectivity index (χ4n) is 5.87. The van der Waals surface area contributed by atoms with E-state index < -0.39 is 6.10 Å². The standard InChI is InChI=1S/C33H25NO2S/c1-33(2)26-11-5-7-13-28(26)34(29-14-8-6-12-27(29)33)30-16-15-22(37-30)19-25-31(35)23-17-20-9-3-4-10-21(20)18-24(23)32(25)36/h3-19,31,35H,1-2H3/b25-19+. The third kappa shape index (κ3) is 3.26. The summed E-state index contributed by atoms with van der Waals surface area (Å²) in [5.74, 6) is -0.0985. The van der Waals surface area contributed by atoms with Crippen LogP contribution in [-0.2, 0) is 5.41 Å². The molecule has 37 heavy (non-hydrogen) atoms. The Balaban J connectivity index is 1.31. The Morgan fingerprint density at radius 1 is 0.811 bits per heavy atom. The average molecular weight is 500 g/mol. The number of para-hydroxylation sites is 2. The number of aliphatic hydroxyl groups is 1. The molecule has 4 aromatic carbocycles. The number of carbonyl (C=O) groups excluding carboxylic acids is 1. The van der Waals surface area contributed by atoms with E-state index in [9.17, 15) is 9.90 Å². The number of rotatable bonds is 2. The minimum Gasteiger partial charge on any atom is -0.383 e. The van der Waals surface area contributed by atoms with Crippen LogP contribution in [0.1, 0.15) is 51.9 Å². The van der Waals surface area contributed by atoms with Crippen molar-refractivity contribution in [2.75, 3.05) is 4.90 Å². The predicted octanol–water partition coefficient (Wildman–Crippen LogP) is 8.32. The van der Waals surface area contributed by atoms with Gasteiger partial charge in [0.25, 0.3) is 0 Å². The van der Waals surface area contributed by atoms with Crippen LogP contribution in [0.15, 0.2) is 103 Å². The molecule has 5 aromatic rings. The maximum atomic E-state index is 13.3. The highest BCUT2D eigenvalue weighted by Crippen LogP contribution is 2.53. The van der Waals surface area contributed by atoms with E-state index in [0.717, 1.165) is 20.7 Å². The topological polar surface area (TPSA) is 40.5 Å². The second-order valence-electron chi connectivity index (χ2n) is 10.3. The lowest BCUT2D eigenvalue weighted by molar-refractivity contribution is 0.102. The van der Waals surface area contributed by atoms with Crippen LogP contribution in [0.25, 0.3) is 16.8 Å². The Kier molecular flexibility index (Phi) is 4.81. The first-order valence-electron chi connectivity index (χ1n) is 12.5. The average Bonchev–Trinajstić information content (AvgIpc) is 3.46. The molecule has 180 valence electrons. The molecule has 0 fully saturated rings. The molecule has 0 saturated carbocycles. The van der Waals surface area contributed by atoms with Crippen LogP contribution in [0.3, 0.4) is 0 Å². The summed E-state index contributed by atoms with van der Waals surface area (Å²) in [4.78, 5) is 16.6. The number of Topliss-reactive ketones (excluding diaryl/α,β-unsaturated/α-hetero) is 1. The van der Waals surface area contributed by atoms with E-state index in [2.05, 4.69) is 73.3 Å². The molecule has 0 saturated heterocycles. The molecule has 1 N–H and O–H groups in total. The van der Waals surface area contributed by atoms with Gasteiger partial charge in [0.2, 0.25) is 0 Å². The van der Waals surface area contributed by atoms with Crippen LogP contribution in [0.4, 0.5) is 16.4 Å². The van der Waals surface area contributed by atoms with Gasteiger partial charge < -0.3 is 10.0 Å². The van der Waals surface area contributed by atoms with Crippen molar-refractivity contribution in [3.63, 3.8) is 0 Å². The molecule has 0 radical (unpaired) electrons. The molecule has 3 nitrogen and oxygen atoms in total. The lowest BCUT2D eigenvalue weighted by atomic mass is 9.74. The molecule has 0 amide bonds. The first-order chi connectivity index (χ1) is 17.9. The van der Waals surface area contributed by atoms with Crippen molar-refractivity contribution >= 4 is 50.3 Å². The van der Waals surface area contributed by atoms with E-state index in [4.69, 9.17) is 0 Å². The summed E-state index contributed by atoms with van der Waals surface area (Å²) < 4.78 is 0. The quantitative estimate of drug-likeness (QED) is 0.248. The van der Waals surface area contributed by atoms with Gasteiger partial charge in [0.15, 0.2) is 5.78 Å². The molecular formula is C33H25NO2S. The zero-order valence-electron chi connectivity index (χ0n) is 20.6. The second kappa shape index (κ2) is 8.01. The number of benzene rings is 4. The number of ketones is 1. The summed E-state index contributed by atoms with van der Waals surface area (Å²) in [6.07, 6.45) is 0.937. The van der Waals surface area contributed by atoms with E-state index in [0.29, 0.717) is 16.7 Å². The summed E-state index contributed by atoms with van der Waals surface area (Å²) in [6, 6.07) is 33.1. The number of anilines is 3. The van der Waals surface area contributed by atoms with Crippen LogP contribution in [0.5, 0.6) is 0 Å². The summed E-state index contributed by atoms with van der Waals surface area (Å²) in [7, 11) is 0. The van der Waals surface area contributed by atoms with Crippen molar-refractivity contribution in [3.8, 4) is 0 Å². The van der Waals surface area contributed by atoms with Crippen LogP contribution in [-0.4, -0.2) is 10.9 Å². The number of aliphatic hydroxyl groups excluding tert-OH is 1. The molecule has 7 rings (SSSR count). The summed E-state index contributed by atoms with van der Waals surface area (Å²) in [6.45, 7) is 4.56. The van der Waals surface area contributed by atoms with Gasteiger partial charge in [-0.25, -0.2) is 0 Å². The van der Waals surface area contributed by atoms with Crippen molar-refractivity contribution < 1.29 is 9.90 Å². The highest BCUT2D eigenvalue weighted by molar-refractivity contribution is 7.17. The first-order valence-corrected chi connectivity index (χ1v) is 13.3. The van der Waals surface area contributed by atoms with E-state index in [1.807, 2.05) is 48.5 Å². The van der Waals surface area contributed by atoms with Gasteiger partial charge in [-0.2, -0.15) is 0 Å². The van der Waals surface area contributed by atoms with Crippen molar-refractivity contribution in [2.45, 2.75) is 25.4 Å². The van der Waals surface area contributed by atoms with Gasteiger partial charge in [0.05, 0.1) is 11.4 Å². The van der Waals surface area contributed by atoms with Crippen molar-refractivity contribution in [2.24, 2.45) is 0 Å². The fraction of sp³-hybridized carbons (Fsp3) is 0.121. The van der Waals surface area contributed by atoms with Crippen molar-refractivity contribution in [1.29, 1.82) is 0 Å². The van der Waals surface area contributed by atoms with Gasteiger partial charge >= 0.3 is 0 Å². The highest BCUT2D eigenvalue weighted by atomic mass is 32.1. The summed E-state index contributed by atoms with van der Waals surface area (Å²) in [5.41, 5.74) is 6.51. The van der Waals surface area contributed by atoms with Crippen LogP contribution in [0.2, 0.25) is 0 Å². The van der Waals surface area contributed by atoms with Gasteiger partial charge in [0, 0.05) is 21.4 Å². The number of hydrogen-bond acceptors (Lipinski definition) is 4. The maximum absolute atomic E-state index is 13.3. The monoisotopic (exact) mass is 499 g/mol. The maximum Gasteiger partial charge on any atom is 0.192 e. The molecule has 0 bridgehead atoms. The lowest BCUT2D eigenvalue weighted by Crippen LogP contribution is -2.30. The zero-order valence-corrected chi connectivity index (χ0v) is 21.4. The molecule has 2 heterocycles. The molecule has 1 aromatic heterocycles. The summed E-state index contributed by atoms with van der Waals surface area (Å²) >= 11 is 1.63. The first kappa shape index (κ1) is 22.2. The zero-order chi connectivity index (χ0) is 25.3. The number of hydrogen-bond donors (Lipinski definition) is 1. The molecule has 1 atom stereocenters. The number of carbonyl (C=O) groups is 1. The number of fused-ring (bicyclic) bond motifs is 4. The minimum absolute atomic E-state index is 0.0985. The Hall–Kier alpha value is -3.99. The van der Waals surface area contributed by atoms with Gasteiger partial charge in [-0.3, -0.25) is 4.79 Å². The van der Waals surface area contributed by atoms with Gasteiger partial charge in [0.1, 0.15) is 11.1 Å². The lowest BCUT2D eigenvalue weighted by Gasteiger charge is -2.41. The van der Waals surface area contributed by atoms with E-state index in [1.165, 1.54) is 22.5 Å².